The van der Waals surface area contributed by atoms with Crippen molar-refractivity contribution in [2.24, 2.45) is 17.8 Å². The molecule has 3 atom stereocenters. The van der Waals surface area contributed by atoms with E-state index < -0.39 is 0 Å². The SMILES string of the molecule is CCOc1ccc(/C=C/C(=O)OCC2CC3C=CC2C3)cc1. The Morgan fingerprint density at radius 1 is 1.23 bits per heavy atom. The Morgan fingerprint density at radius 2 is 2.05 bits per heavy atom. The standard InChI is InChI=1S/C19H22O3/c1-2-21-18-8-4-14(5-9-18)6-10-19(20)22-13-17-12-15-3-7-16(17)11-15/h3-10,15-17H,2,11-13H2,1H3/b10-6+. The van der Waals surface area contributed by atoms with Crippen LogP contribution in [0.1, 0.15) is 25.3 Å². The van der Waals surface area contributed by atoms with Crippen molar-refractivity contribution < 1.29 is 14.3 Å². The minimum atomic E-state index is -0.263. The van der Waals surface area contributed by atoms with Gasteiger partial charge in [-0.05, 0) is 61.3 Å². The Hall–Kier alpha value is -2.03. The third-order valence-corrected chi connectivity index (χ3v) is 4.46. The lowest BCUT2D eigenvalue weighted by molar-refractivity contribution is -0.139. The highest BCUT2D eigenvalue weighted by Crippen LogP contribution is 2.43. The van der Waals surface area contributed by atoms with E-state index in [4.69, 9.17) is 9.47 Å². The van der Waals surface area contributed by atoms with Crippen LogP contribution in [0.15, 0.2) is 42.5 Å². The molecule has 0 N–H and O–H groups in total. The van der Waals surface area contributed by atoms with Gasteiger partial charge in [0, 0.05) is 6.08 Å². The molecule has 22 heavy (non-hydrogen) atoms. The van der Waals surface area contributed by atoms with Crippen molar-refractivity contribution in [1.82, 2.24) is 0 Å². The Labute approximate surface area is 131 Å². The molecule has 0 spiro atoms. The van der Waals surface area contributed by atoms with E-state index in [2.05, 4.69) is 12.2 Å². The Morgan fingerprint density at radius 3 is 2.68 bits per heavy atom. The van der Waals surface area contributed by atoms with Gasteiger partial charge in [-0.25, -0.2) is 4.79 Å². The van der Waals surface area contributed by atoms with Crippen LogP contribution in [0.5, 0.6) is 5.75 Å². The molecule has 1 aromatic rings. The fourth-order valence-corrected chi connectivity index (χ4v) is 3.33. The molecular weight excluding hydrogens is 276 g/mol. The predicted octanol–water partition coefficient (Wildman–Crippen LogP) is 3.85. The molecule has 3 rings (SSSR count). The van der Waals surface area contributed by atoms with E-state index in [0.29, 0.717) is 31.0 Å². The van der Waals surface area contributed by atoms with E-state index in [1.54, 1.807) is 6.08 Å². The molecule has 0 aromatic heterocycles. The maximum absolute atomic E-state index is 11.8. The summed E-state index contributed by atoms with van der Waals surface area (Å²) in [6, 6.07) is 7.65. The van der Waals surface area contributed by atoms with E-state index in [-0.39, 0.29) is 5.97 Å². The average molecular weight is 298 g/mol. The van der Waals surface area contributed by atoms with Crippen LogP contribution >= 0.6 is 0 Å². The van der Waals surface area contributed by atoms with Gasteiger partial charge in [0.15, 0.2) is 0 Å². The molecule has 1 fully saturated rings. The van der Waals surface area contributed by atoms with E-state index in [1.807, 2.05) is 31.2 Å². The number of fused-ring (bicyclic) bond motifs is 2. The van der Waals surface area contributed by atoms with Crippen molar-refractivity contribution in [3.63, 3.8) is 0 Å². The molecule has 3 unspecified atom stereocenters. The van der Waals surface area contributed by atoms with Crippen molar-refractivity contribution in [3.05, 3.63) is 48.1 Å². The van der Waals surface area contributed by atoms with Gasteiger partial charge in [-0.3, -0.25) is 0 Å². The highest BCUT2D eigenvalue weighted by molar-refractivity contribution is 5.87. The molecule has 1 aromatic carbocycles. The molecule has 116 valence electrons. The van der Waals surface area contributed by atoms with Crippen LogP contribution in [0.2, 0.25) is 0 Å². The summed E-state index contributed by atoms with van der Waals surface area (Å²) in [5.74, 6) is 2.42. The van der Waals surface area contributed by atoms with Gasteiger partial charge < -0.3 is 9.47 Å². The number of benzene rings is 1. The topological polar surface area (TPSA) is 35.5 Å². The molecule has 2 bridgehead atoms. The van der Waals surface area contributed by atoms with Gasteiger partial charge in [0.25, 0.3) is 0 Å². The van der Waals surface area contributed by atoms with E-state index in [1.165, 1.54) is 12.5 Å². The number of hydrogen-bond donors (Lipinski definition) is 0. The zero-order valence-electron chi connectivity index (χ0n) is 12.9. The van der Waals surface area contributed by atoms with Gasteiger partial charge in [-0.2, -0.15) is 0 Å². The van der Waals surface area contributed by atoms with Crippen molar-refractivity contribution in [2.45, 2.75) is 19.8 Å². The second-order valence-electron chi connectivity index (χ2n) is 6.01. The van der Waals surface area contributed by atoms with Gasteiger partial charge in [0.1, 0.15) is 5.75 Å². The molecule has 0 saturated heterocycles. The molecule has 3 heteroatoms. The smallest absolute Gasteiger partial charge is 0.330 e. The van der Waals surface area contributed by atoms with E-state index >= 15 is 0 Å². The molecule has 2 aliphatic rings. The molecule has 0 amide bonds. The van der Waals surface area contributed by atoms with Gasteiger partial charge >= 0.3 is 5.97 Å². The first-order chi connectivity index (χ1) is 10.7. The maximum atomic E-state index is 11.8. The largest absolute Gasteiger partial charge is 0.494 e. The lowest BCUT2D eigenvalue weighted by Gasteiger charge is -2.17. The molecule has 2 aliphatic carbocycles. The monoisotopic (exact) mass is 298 g/mol. The van der Waals surface area contributed by atoms with Crippen molar-refractivity contribution >= 4 is 12.0 Å². The summed E-state index contributed by atoms with van der Waals surface area (Å²) >= 11 is 0. The Kier molecular flexibility index (Phi) is 4.62. The third-order valence-electron chi connectivity index (χ3n) is 4.46. The molecule has 0 heterocycles. The summed E-state index contributed by atoms with van der Waals surface area (Å²) in [5.41, 5.74) is 0.961. The van der Waals surface area contributed by atoms with Gasteiger partial charge in [-0.1, -0.05) is 24.3 Å². The number of hydrogen-bond acceptors (Lipinski definition) is 3. The number of carbonyl (C=O) groups is 1. The minimum Gasteiger partial charge on any atom is -0.494 e. The molecule has 0 aliphatic heterocycles. The van der Waals surface area contributed by atoms with Crippen LogP contribution in [0, 0.1) is 17.8 Å². The van der Waals surface area contributed by atoms with Crippen molar-refractivity contribution in [3.8, 4) is 5.75 Å². The normalized spacial score (nSPS) is 25.8. The van der Waals surface area contributed by atoms with Crippen LogP contribution in [0.25, 0.3) is 6.08 Å². The number of carbonyl (C=O) groups excluding carboxylic acids is 1. The first-order valence-electron chi connectivity index (χ1n) is 8.00. The van der Waals surface area contributed by atoms with Crippen molar-refractivity contribution in [2.75, 3.05) is 13.2 Å². The first kappa shape index (κ1) is 14.9. The summed E-state index contributed by atoms with van der Waals surface area (Å²) in [4.78, 5) is 11.8. The third kappa shape index (κ3) is 3.59. The first-order valence-corrected chi connectivity index (χ1v) is 8.00. The second-order valence-corrected chi connectivity index (χ2v) is 6.01. The summed E-state index contributed by atoms with van der Waals surface area (Å²) < 4.78 is 10.8. The maximum Gasteiger partial charge on any atom is 0.330 e. The van der Waals surface area contributed by atoms with Crippen LogP contribution in [-0.2, 0) is 9.53 Å². The number of allylic oxidation sites excluding steroid dienone is 2. The Bertz CT molecular complexity index is 571. The number of esters is 1. The predicted molar refractivity (Wildman–Crippen MR) is 86.4 cm³/mol. The van der Waals surface area contributed by atoms with Gasteiger partial charge in [0.05, 0.1) is 13.2 Å². The van der Waals surface area contributed by atoms with Gasteiger partial charge in [-0.15, -0.1) is 0 Å². The number of rotatable bonds is 6. The summed E-state index contributed by atoms with van der Waals surface area (Å²) in [6.45, 7) is 3.15. The highest BCUT2D eigenvalue weighted by atomic mass is 16.5. The zero-order chi connectivity index (χ0) is 15.4. The minimum absolute atomic E-state index is 0.263. The van der Waals surface area contributed by atoms with Crippen LogP contribution in [-0.4, -0.2) is 19.2 Å². The van der Waals surface area contributed by atoms with Crippen LogP contribution in [0.4, 0.5) is 0 Å². The number of ether oxygens (including phenoxy) is 2. The quantitative estimate of drug-likeness (QED) is 0.454. The summed E-state index contributed by atoms with van der Waals surface area (Å²) in [5, 5.41) is 0. The van der Waals surface area contributed by atoms with E-state index in [9.17, 15) is 4.79 Å². The summed E-state index contributed by atoms with van der Waals surface area (Å²) in [7, 11) is 0. The Balaban J connectivity index is 1.45. The van der Waals surface area contributed by atoms with Crippen molar-refractivity contribution in [1.29, 1.82) is 0 Å². The fraction of sp³-hybridized carbons (Fsp3) is 0.421. The highest BCUT2D eigenvalue weighted by Gasteiger charge is 2.35. The van der Waals surface area contributed by atoms with Crippen LogP contribution in [0.3, 0.4) is 0 Å². The second kappa shape index (κ2) is 6.82. The lowest BCUT2D eigenvalue weighted by Crippen LogP contribution is -2.16. The molecule has 0 radical (unpaired) electrons. The zero-order valence-corrected chi connectivity index (χ0v) is 12.9. The fourth-order valence-electron chi connectivity index (χ4n) is 3.33. The average Bonchev–Trinajstić information content (AvgIpc) is 3.15. The van der Waals surface area contributed by atoms with E-state index in [0.717, 1.165) is 17.7 Å². The molecule has 1 saturated carbocycles. The van der Waals surface area contributed by atoms with Gasteiger partial charge in [0.2, 0.25) is 0 Å². The molecular formula is C19H22O3. The van der Waals surface area contributed by atoms with Crippen LogP contribution < -0.4 is 4.74 Å². The molecule has 3 nitrogen and oxygen atoms in total. The summed E-state index contributed by atoms with van der Waals surface area (Å²) in [6.07, 6.45) is 10.3. The lowest BCUT2D eigenvalue weighted by atomic mass is 9.95.